The highest BCUT2D eigenvalue weighted by molar-refractivity contribution is 6.30. The maximum Gasteiger partial charge on any atom is 0.273 e. The highest BCUT2D eigenvalue weighted by Gasteiger charge is 2.28. The van der Waals surface area contributed by atoms with Crippen molar-refractivity contribution in [3.05, 3.63) is 35.2 Å². The number of carbonyl (C=O) groups is 1. The number of halogens is 1. The van der Waals surface area contributed by atoms with Crippen LogP contribution in [0.1, 0.15) is 19.1 Å². The van der Waals surface area contributed by atoms with Gasteiger partial charge in [-0.3, -0.25) is 4.79 Å². The van der Waals surface area contributed by atoms with E-state index in [0.717, 1.165) is 5.56 Å². The Labute approximate surface area is 131 Å². The molecule has 7 nitrogen and oxygen atoms in total. The molecule has 0 spiro atoms. The normalized spacial score (nSPS) is 21.5. The van der Waals surface area contributed by atoms with Crippen LogP contribution in [0.5, 0.6) is 0 Å². The summed E-state index contributed by atoms with van der Waals surface area (Å²) in [4.78, 5) is 11.0. The second-order valence-electron chi connectivity index (χ2n) is 4.85. The van der Waals surface area contributed by atoms with Crippen molar-refractivity contribution >= 4 is 17.5 Å². The number of rotatable bonds is 3. The molecule has 0 atom stereocenters. The second kappa shape index (κ2) is 6.43. The third kappa shape index (κ3) is 3.44. The molecule has 1 aliphatic heterocycles. The second-order valence-corrected chi connectivity index (χ2v) is 5.28. The third-order valence-electron chi connectivity index (χ3n) is 3.04. The SMILES string of the molecule is CC(=O)NC1COC(c2nnc(-c3ccc(Cl)cc3)o2)OC1. The number of nitrogens with zero attached hydrogens (tertiary/aromatic N) is 2. The molecule has 0 radical (unpaired) electrons. The average molecular weight is 324 g/mol. The largest absolute Gasteiger partial charge is 0.416 e. The van der Waals surface area contributed by atoms with Gasteiger partial charge in [0.2, 0.25) is 18.1 Å². The van der Waals surface area contributed by atoms with Crippen LogP contribution in [0.2, 0.25) is 5.02 Å². The maximum atomic E-state index is 11.0. The Hall–Kier alpha value is -1.96. The lowest BCUT2D eigenvalue weighted by Crippen LogP contribution is -2.44. The molecule has 1 amide bonds. The van der Waals surface area contributed by atoms with Crippen LogP contribution in [-0.4, -0.2) is 35.4 Å². The standard InChI is InChI=1S/C14H14ClN3O4/c1-8(19)16-11-6-20-14(21-7-11)13-18-17-12(22-13)9-2-4-10(15)5-3-9/h2-5,11,14H,6-7H2,1H3,(H,16,19). The summed E-state index contributed by atoms with van der Waals surface area (Å²) < 4.78 is 16.5. The summed E-state index contributed by atoms with van der Waals surface area (Å²) in [7, 11) is 0. The Morgan fingerprint density at radius 3 is 2.55 bits per heavy atom. The van der Waals surface area contributed by atoms with Gasteiger partial charge in [-0.2, -0.15) is 0 Å². The zero-order valence-electron chi connectivity index (χ0n) is 11.8. The lowest BCUT2D eigenvalue weighted by atomic mass is 10.2. The molecule has 3 rings (SSSR count). The fourth-order valence-electron chi connectivity index (χ4n) is 2.06. The predicted octanol–water partition coefficient (Wildman–Crippen LogP) is 1.94. The van der Waals surface area contributed by atoms with Gasteiger partial charge in [0.15, 0.2) is 0 Å². The molecule has 0 saturated carbocycles. The Morgan fingerprint density at radius 1 is 1.23 bits per heavy atom. The highest BCUT2D eigenvalue weighted by atomic mass is 35.5. The smallest absolute Gasteiger partial charge is 0.273 e. The van der Waals surface area contributed by atoms with Crippen LogP contribution in [0.25, 0.3) is 11.5 Å². The van der Waals surface area contributed by atoms with Crippen LogP contribution in [0, 0.1) is 0 Å². The van der Waals surface area contributed by atoms with Gasteiger partial charge < -0.3 is 19.2 Å². The fraction of sp³-hybridized carbons (Fsp3) is 0.357. The predicted molar refractivity (Wildman–Crippen MR) is 77.0 cm³/mol. The first-order valence-electron chi connectivity index (χ1n) is 6.71. The van der Waals surface area contributed by atoms with Crippen molar-refractivity contribution in [2.75, 3.05) is 13.2 Å². The van der Waals surface area contributed by atoms with Gasteiger partial charge in [-0.05, 0) is 24.3 Å². The van der Waals surface area contributed by atoms with Crippen LogP contribution in [0.3, 0.4) is 0 Å². The number of amides is 1. The van der Waals surface area contributed by atoms with Crippen LogP contribution < -0.4 is 5.32 Å². The van der Waals surface area contributed by atoms with E-state index in [0.29, 0.717) is 24.1 Å². The van der Waals surface area contributed by atoms with Gasteiger partial charge in [0, 0.05) is 17.5 Å². The molecule has 1 aromatic heterocycles. The van der Waals surface area contributed by atoms with Gasteiger partial charge in [0.25, 0.3) is 5.89 Å². The maximum absolute atomic E-state index is 11.0. The van der Waals surface area contributed by atoms with Crippen molar-refractivity contribution in [2.24, 2.45) is 0 Å². The zero-order chi connectivity index (χ0) is 15.5. The van der Waals surface area contributed by atoms with Gasteiger partial charge in [-0.15, -0.1) is 10.2 Å². The van der Waals surface area contributed by atoms with E-state index in [-0.39, 0.29) is 17.8 Å². The van der Waals surface area contributed by atoms with Crippen LogP contribution >= 0.6 is 11.6 Å². The van der Waals surface area contributed by atoms with Gasteiger partial charge in [0.1, 0.15) is 0 Å². The summed E-state index contributed by atoms with van der Waals surface area (Å²) in [6, 6.07) is 6.88. The summed E-state index contributed by atoms with van der Waals surface area (Å²) in [5, 5.41) is 11.3. The number of ether oxygens (including phenoxy) is 2. The number of benzene rings is 1. The van der Waals surface area contributed by atoms with Gasteiger partial charge >= 0.3 is 0 Å². The Balaban J connectivity index is 1.65. The molecule has 0 bridgehead atoms. The highest BCUT2D eigenvalue weighted by Crippen LogP contribution is 2.26. The van der Waals surface area contributed by atoms with Gasteiger partial charge in [0.05, 0.1) is 19.3 Å². The third-order valence-corrected chi connectivity index (χ3v) is 3.29. The number of carbonyl (C=O) groups excluding carboxylic acids is 1. The summed E-state index contributed by atoms with van der Waals surface area (Å²) in [6.07, 6.45) is -0.724. The number of hydrogen-bond acceptors (Lipinski definition) is 6. The topological polar surface area (TPSA) is 86.5 Å². The summed E-state index contributed by atoms with van der Waals surface area (Å²) in [5.41, 5.74) is 0.759. The van der Waals surface area contributed by atoms with E-state index in [9.17, 15) is 4.79 Å². The first kappa shape index (κ1) is 15.0. The molecular weight excluding hydrogens is 310 g/mol. The van der Waals surface area contributed by atoms with Crippen molar-refractivity contribution in [3.63, 3.8) is 0 Å². The molecule has 1 aromatic carbocycles. The van der Waals surface area contributed by atoms with Crippen LogP contribution in [-0.2, 0) is 14.3 Å². The minimum Gasteiger partial charge on any atom is -0.416 e. The average Bonchev–Trinajstić information content (AvgIpc) is 2.98. The molecule has 22 heavy (non-hydrogen) atoms. The van der Waals surface area contributed by atoms with Crippen molar-refractivity contribution < 1.29 is 18.7 Å². The first-order valence-corrected chi connectivity index (χ1v) is 7.09. The van der Waals surface area contributed by atoms with Crippen molar-refractivity contribution in [1.82, 2.24) is 15.5 Å². The van der Waals surface area contributed by atoms with Gasteiger partial charge in [-0.25, -0.2) is 0 Å². The van der Waals surface area contributed by atoms with E-state index < -0.39 is 6.29 Å². The fourth-order valence-corrected chi connectivity index (χ4v) is 2.18. The molecule has 1 aliphatic rings. The van der Waals surface area contributed by atoms with Crippen LogP contribution in [0.15, 0.2) is 28.7 Å². The monoisotopic (exact) mass is 323 g/mol. The molecule has 0 aliphatic carbocycles. The summed E-state index contributed by atoms with van der Waals surface area (Å²) in [6.45, 7) is 2.09. The summed E-state index contributed by atoms with van der Waals surface area (Å²) in [5.74, 6) is 0.479. The molecule has 1 fully saturated rings. The zero-order valence-corrected chi connectivity index (χ0v) is 12.5. The lowest BCUT2D eigenvalue weighted by molar-refractivity contribution is -0.204. The molecular formula is C14H14ClN3O4. The quantitative estimate of drug-likeness (QED) is 0.929. The molecule has 2 aromatic rings. The minimum atomic E-state index is -0.724. The van der Waals surface area contributed by atoms with E-state index in [1.54, 1.807) is 24.3 Å². The van der Waals surface area contributed by atoms with Crippen molar-refractivity contribution in [1.29, 1.82) is 0 Å². The molecule has 8 heteroatoms. The molecule has 1 saturated heterocycles. The molecule has 116 valence electrons. The Kier molecular flexibility index (Phi) is 4.37. The lowest BCUT2D eigenvalue weighted by Gasteiger charge is -2.27. The number of nitrogens with one attached hydrogen (secondary N) is 1. The summed E-state index contributed by atoms with van der Waals surface area (Å²) >= 11 is 5.84. The van der Waals surface area contributed by atoms with Crippen molar-refractivity contribution in [2.45, 2.75) is 19.3 Å². The Morgan fingerprint density at radius 2 is 1.91 bits per heavy atom. The van der Waals surface area contributed by atoms with E-state index >= 15 is 0 Å². The van der Waals surface area contributed by atoms with E-state index in [4.69, 9.17) is 25.5 Å². The first-order chi connectivity index (χ1) is 10.6. The molecule has 0 unspecified atom stereocenters. The van der Waals surface area contributed by atoms with E-state index in [2.05, 4.69) is 15.5 Å². The number of hydrogen-bond donors (Lipinski definition) is 1. The van der Waals surface area contributed by atoms with Crippen molar-refractivity contribution in [3.8, 4) is 11.5 Å². The minimum absolute atomic E-state index is 0.126. The van der Waals surface area contributed by atoms with E-state index in [1.165, 1.54) is 6.92 Å². The van der Waals surface area contributed by atoms with Gasteiger partial charge in [-0.1, -0.05) is 11.6 Å². The molecule has 2 heterocycles. The van der Waals surface area contributed by atoms with Crippen LogP contribution in [0.4, 0.5) is 0 Å². The molecule has 1 N–H and O–H groups in total. The number of aromatic nitrogens is 2. The Bertz CT molecular complexity index is 650. The van der Waals surface area contributed by atoms with E-state index in [1.807, 2.05) is 0 Å².